The van der Waals surface area contributed by atoms with Crippen LogP contribution >= 0.6 is 0 Å². The lowest BCUT2D eigenvalue weighted by Gasteiger charge is -2.34. The summed E-state index contributed by atoms with van der Waals surface area (Å²) in [4.78, 5) is 24.9. The summed E-state index contributed by atoms with van der Waals surface area (Å²) in [6.07, 6.45) is 3.66. The predicted octanol–water partition coefficient (Wildman–Crippen LogP) is 3.14. The third-order valence-corrected chi connectivity index (χ3v) is 5.39. The van der Waals surface area contributed by atoms with Crippen molar-refractivity contribution in [3.63, 3.8) is 0 Å². The Hall–Kier alpha value is -2.66. The summed E-state index contributed by atoms with van der Waals surface area (Å²) >= 11 is 0. The molecule has 2 aromatic heterocycles. The fraction of sp³-hybridized carbons (Fsp3) is 0.333. The largest absolute Gasteiger partial charge is 0.358 e. The average Bonchev–Trinajstić information content (AvgIpc) is 2.97. The zero-order valence-corrected chi connectivity index (χ0v) is 15.3. The molecule has 5 heteroatoms. The Balaban J connectivity index is 1.46. The van der Waals surface area contributed by atoms with Crippen molar-refractivity contribution in [2.45, 2.75) is 20.4 Å². The minimum Gasteiger partial charge on any atom is -0.358 e. The lowest BCUT2D eigenvalue weighted by atomic mass is 10.1. The fourth-order valence-electron chi connectivity index (χ4n) is 3.69. The Morgan fingerprint density at radius 3 is 2.54 bits per heavy atom. The Bertz CT molecular complexity index is 924. The van der Waals surface area contributed by atoms with Crippen molar-refractivity contribution in [3.8, 4) is 0 Å². The van der Waals surface area contributed by atoms with E-state index in [2.05, 4.69) is 34.8 Å². The molecule has 3 heterocycles. The Morgan fingerprint density at radius 2 is 1.81 bits per heavy atom. The second-order valence-electron chi connectivity index (χ2n) is 7.03. The molecule has 26 heavy (non-hydrogen) atoms. The number of aryl methyl sites for hydroxylation is 2. The van der Waals surface area contributed by atoms with Gasteiger partial charge >= 0.3 is 0 Å². The number of aromatic amines is 1. The molecule has 1 aliphatic rings. The first-order valence-electron chi connectivity index (χ1n) is 9.12. The van der Waals surface area contributed by atoms with Crippen molar-refractivity contribution in [3.05, 3.63) is 65.1 Å². The summed E-state index contributed by atoms with van der Waals surface area (Å²) in [5.74, 6) is 0.125. The number of hydrogen-bond donors (Lipinski definition) is 1. The van der Waals surface area contributed by atoms with Gasteiger partial charge in [-0.05, 0) is 43.2 Å². The SMILES string of the molecule is Cc1[nH]c2c(C(=O)N3CCN(Cc4ccncc4)CC3)cccc2c1C. The van der Waals surface area contributed by atoms with Gasteiger partial charge in [0.05, 0.1) is 11.1 Å². The van der Waals surface area contributed by atoms with E-state index in [0.717, 1.165) is 54.9 Å². The summed E-state index contributed by atoms with van der Waals surface area (Å²) in [7, 11) is 0. The molecule has 0 bridgehead atoms. The van der Waals surface area contributed by atoms with E-state index in [-0.39, 0.29) is 5.91 Å². The van der Waals surface area contributed by atoms with E-state index in [1.165, 1.54) is 11.1 Å². The number of rotatable bonds is 3. The van der Waals surface area contributed by atoms with Gasteiger partial charge in [-0.25, -0.2) is 0 Å². The van der Waals surface area contributed by atoms with Crippen LogP contribution < -0.4 is 0 Å². The zero-order chi connectivity index (χ0) is 18.1. The van der Waals surface area contributed by atoms with Gasteiger partial charge in [0, 0.05) is 56.2 Å². The molecule has 0 aliphatic carbocycles. The Morgan fingerprint density at radius 1 is 1.08 bits per heavy atom. The smallest absolute Gasteiger partial charge is 0.256 e. The maximum atomic E-state index is 13.1. The van der Waals surface area contributed by atoms with E-state index in [0.29, 0.717) is 0 Å². The molecule has 1 amide bonds. The summed E-state index contributed by atoms with van der Waals surface area (Å²) in [5, 5.41) is 1.14. The number of H-pyrrole nitrogens is 1. The molecule has 0 atom stereocenters. The number of carbonyl (C=O) groups is 1. The van der Waals surface area contributed by atoms with Crippen molar-refractivity contribution in [2.24, 2.45) is 0 Å². The number of piperazine rings is 1. The van der Waals surface area contributed by atoms with Crippen molar-refractivity contribution in [1.29, 1.82) is 0 Å². The van der Waals surface area contributed by atoms with E-state index in [1.54, 1.807) is 0 Å². The van der Waals surface area contributed by atoms with Crippen LogP contribution in [0.2, 0.25) is 0 Å². The number of carbonyl (C=O) groups excluding carboxylic acids is 1. The Labute approximate surface area is 153 Å². The van der Waals surface area contributed by atoms with Gasteiger partial charge in [0.1, 0.15) is 0 Å². The molecule has 1 N–H and O–H groups in total. The van der Waals surface area contributed by atoms with Gasteiger partial charge in [-0.3, -0.25) is 14.7 Å². The third-order valence-electron chi connectivity index (χ3n) is 5.39. The van der Waals surface area contributed by atoms with Crippen LogP contribution in [0, 0.1) is 13.8 Å². The average molecular weight is 348 g/mol. The van der Waals surface area contributed by atoms with Crippen LogP contribution in [0.15, 0.2) is 42.7 Å². The third kappa shape index (κ3) is 3.10. The van der Waals surface area contributed by atoms with E-state index in [9.17, 15) is 4.79 Å². The minimum atomic E-state index is 0.125. The zero-order valence-electron chi connectivity index (χ0n) is 15.3. The van der Waals surface area contributed by atoms with Crippen LogP contribution in [0.1, 0.15) is 27.2 Å². The van der Waals surface area contributed by atoms with Gasteiger partial charge in [-0.15, -0.1) is 0 Å². The Kier molecular flexibility index (Phi) is 4.47. The van der Waals surface area contributed by atoms with Crippen molar-refractivity contribution < 1.29 is 4.79 Å². The molecule has 1 aromatic carbocycles. The standard InChI is InChI=1S/C21H24N4O/c1-15-16(2)23-20-18(15)4-3-5-19(20)21(26)25-12-10-24(11-13-25)14-17-6-8-22-9-7-17/h3-9,23H,10-14H2,1-2H3. The van der Waals surface area contributed by atoms with Crippen LogP contribution in [-0.2, 0) is 6.54 Å². The van der Waals surface area contributed by atoms with Gasteiger partial charge in [-0.1, -0.05) is 12.1 Å². The van der Waals surface area contributed by atoms with Gasteiger partial charge in [-0.2, -0.15) is 0 Å². The van der Waals surface area contributed by atoms with Crippen LogP contribution in [0.5, 0.6) is 0 Å². The molecule has 1 aliphatic heterocycles. The molecule has 1 fully saturated rings. The van der Waals surface area contributed by atoms with Gasteiger partial charge in [0.25, 0.3) is 5.91 Å². The lowest BCUT2D eigenvalue weighted by molar-refractivity contribution is 0.0630. The highest BCUT2D eigenvalue weighted by atomic mass is 16.2. The number of aromatic nitrogens is 2. The molecule has 3 aromatic rings. The predicted molar refractivity (Wildman–Crippen MR) is 103 cm³/mol. The number of fused-ring (bicyclic) bond motifs is 1. The molecule has 5 nitrogen and oxygen atoms in total. The number of pyridine rings is 1. The second kappa shape index (κ2) is 6.92. The minimum absolute atomic E-state index is 0.125. The lowest BCUT2D eigenvalue weighted by Crippen LogP contribution is -2.48. The number of nitrogens with zero attached hydrogens (tertiary/aromatic N) is 3. The van der Waals surface area contributed by atoms with E-state index in [4.69, 9.17) is 0 Å². The molecule has 0 saturated carbocycles. The number of para-hydroxylation sites is 1. The van der Waals surface area contributed by atoms with E-state index >= 15 is 0 Å². The molecular weight excluding hydrogens is 324 g/mol. The molecule has 134 valence electrons. The van der Waals surface area contributed by atoms with Crippen molar-refractivity contribution >= 4 is 16.8 Å². The van der Waals surface area contributed by atoms with Gasteiger partial charge < -0.3 is 9.88 Å². The highest BCUT2D eigenvalue weighted by molar-refractivity contribution is 6.06. The molecule has 1 saturated heterocycles. The van der Waals surface area contributed by atoms with Crippen LogP contribution in [0.25, 0.3) is 10.9 Å². The maximum absolute atomic E-state index is 13.1. The molecular formula is C21H24N4O. The summed E-state index contributed by atoms with van der Waals surface area (Å²) in [6.45, 7) is 8.38. The highest BCUT2D eigenvalue weighted by Crippen LogP contribution is 2.25. The normalized spacial score (nSPS) is 15.5. The first-order valence-corrected chi connectivity index (χ1v) is 9.12. The molecule has 0 spiro atoms. The number of amides is 1. The van der Waals surface area contributed by atoms with Gasteiger partial charge in [0.15, 0.2) is 0 Å². The van der Waals surface area contributed by atoms with Crippen LogP contribution in [-0.4, -0.2) is 51.9 Å². The summed E-state index contributed by atoms with van der Waals surface area (Å²) in [5.41, 5.74) is 5.36. The molecule has 0 radical (unpaired) electrons. The fourth-order valence-corrected chi connectivity index (χ4v) is 3.69. The van der Waals surface area contributed by atoms with E-state index < -0.39 is 0 Å². The van der Waals surface area contributed by atoms with E-state index in [1.807, 2.05) is 41.6 Å². The van der Waals surface area contributed by atoms with Crippen LogP contribution in [0.4, 0.5) is 0 Å². The number of hydrogen-bond acceptors (Lipinski definition) is 3. The molecule has 4 rings (SSSR count). The maximum Gasteiger partial charge on any atom is 0.256 e. The number of nitrogens with one attached hydrogen (secondary N) is 1. The highest BCUT2D eigenvalue weighted by Gasteiger charge is 2.24. The van der Waals surface area contributed by atoms with Crippen molar-refractivity contribution in [1.82, 2.24) is 19.8 Å². The molecule has 0 unspecified atom stereocenters. The van der Waals surface area contributed by atoms with Crippen LogP contribution in [0.3, 0.4) is 0 Å². The first-order chi connectivity index (χ1) is 12.6. The summed E-state index contributed by atoms with van der Waals surface area (Å²) in [6, 6.07) is 10.1. The monoisotopic (exact) mass is 348 g/mol. The number of benzene rings is 1. The van der Waals surface area contributed by atoms with Crippen molar-refractivity contribution in [2.75, 3.05) is 26.2 Å². The summed E-state index contributed by atoms with van der Waals surface area (Å²) < 4.78 is 0. The second-order valence-corrected chi connectivity index (χ2v) is 7.03. The van der Waals surface area contributed by atoms with Gasteiger partial charge in [0.2, 0.25) is 0 Å². The quantitative estimate of drug-likeness (QED) is 0.791. The topological polar surface area (TPSA) is 52.2 Å². The first kappa shape index (κ1) is 16.8.